The van der Waals surface area contributed by atoms with Crippen LogP contribution in [-0.4, -0.2) is 42.3 Å². The summed E-state index contributed by atoms with van der Waals surface area (Å²) in [4.78, 5) is 12.8. The van der Waals surface area contributed by atoms with Gasteiger partial charge in [0, 0.05) is 12.6 Å². The molecule has 0 bridgehead atoms. The number of hydrogen-bond acceptors (Lipinski definition) is 4. The molecule has 5 nitrogen and oxygen atoms in total. The van der Waals surface area contributed by atoms with Crippen molar-refractivity contribution in [3.8, 4) is 0 Å². The van der Waals surface area contributed by atoms with E-state index in [1.807, 2.05) is 14.1 Å². The van der Waals surface area contributed by atoms with E-state index in [0.29, 0.717) is 5.82 Å². The second kappa shape index (κ2) is 5.39. The number of aromatic amines is 1. The highest BCUT2D eigenvalue weighted by molar-refractivity contribution is 5.30. The molecule has 0 aliphatic heterocycles. The molecule has 0 aliphatic carbocycles. The third-order valence-electron chi connectivity index (χ3n) is 1.77. The molecule has 0 radical (unpaired) electrons. The predicted molar refractivity (Wildman–Crippen MR) is 56.5 cm³/mol. The Morgan fingerprint density at radius 2 is 2.29 bits per heavy atom. The standard InChI is InChI=1S/C9H16N4O/c1-13(2)7-3-6-10-8-4-5-9(14)12-11-8/h4-5H,3,6-7H2,1-2H3,(H,10,11)(H,12,14). The number of rotatable bonds is 5. The number of aromatic nitrogens is 2. The molecule has 0 saturated carbocycles. The Balaban J connectivity index is 2.25. The monoisotopic (exact) mass is 196 g/mol. The minimum atomic E-state index is -0.177. The summed E-state index contributed by atoms with van der Waals surface area (Å²) in [5.74, 6) is 0.711. The highest BCUT2D eigenvalue weighted by atomic mass is 16.1. The minimum absolute atomic E-state index is 0.177. The van der Waals surface area contributed by atoms with Crippen LogP contribution in [-0.2, 0) is 0 Å². The van der Waals surface area contributed by atoms with Crippen LogP contribution in [0.25, 0.3) is 0 Å². The summed E-state index contributed by atoms with van der Waals surface area (Å²) < 4.78 is 0. The molecule has 0 aliphatic rings. The van der Waals surface area contributed by atoms with Crippen molar-refractivity contribution >= 4 is 5.82 Å². The van der Waals surface area contributed by atoms with Crippen molar-refractivity contribution < 1.29 is 0 Å². The van der Waals surface area contributed by atoms with Gasteiger partial charge >= 0.3 is 0 Å². The molecular formula is C9H16N4O. The zero-order chi connectivity index (χ0) is 10.4. The van der Waals surface area contributed by atoms with Crippen LogP contribution in [0.4, 0.5) is 5.82 Å². The van der Waals surface area contributed by atoms with Gasteiger partial charge in [0.05, 0.1) is 0 Å². The lowest BCUT2D eigenvalue weighted by atomic mass is 10.4. The fraction of sp³-hybridized carbons (Fsp3) is 0.556. The molecule has 14 heavy (non-hydrogen) atoms. The van der Waals surface area contributed by atoms with Gasteiger partial charge in [0.25, 0.3) is 5.56 Å². The lowest BCUT2D eigenvalue weighted by molar-refractivity contribution is 0.405. The van der Waals surface area contributed by atoms with Crippen LogP contribution >= 0.6 is 0 Å². The van der Waals surface area contributed by atoms with Crippen LogP contribution in [0.2, 0.25) is 0 Å². The first-order valence-electron chi connectivity index (χ1n) is 4.63. The van der Waals surface area contributed by atoms with E-state index in [2.05, 4.69) is 20.4 Å². The van der Waals surface area contributed by atoms with Gasteiger partial charge < -0.3 is 10.2 Å². The smallest absolute Gasteiger partial charge is 0.264 e. The number of anilines is 1. The average Bonchev–Trinajstić information content (AvgIpc) is 2.15. The maximum absolute atomic E-state index is 10.7. The summed E-state index contributed by atoms with van der Waals surface area (Å²) in [5.41, 5.74) is -0.177. The highest BCUT2D eigenvalue weighted by Gasteiger charge is 1.93. The molecule has 0 amide bonds. The molecule has 0 saturated heterocycles. The van der Waals surface area contributed by atoms with Gasteiger partial charge in [-0.1, -0.05) is 0 Å². The van der Waals surface area contributed by atoms with E-state index in [9.17, 15) is 4.79 Å². The minimum Gasteiger partial charge on any atom is -0.369 e. The van der Waals surface area contributed by atoms with Gasteiger partial charge in [-0.05, 0) is 33.1 Å². The van der Waals surface area contributed by atoms with Gasteiger partial charge in [-0.25, -0.2) is 5.10 Å². The summed E-state index contributed by atoms with van der Waals surface area (Å²) in [7, 11) is 4.08. The van der Waals surface area contributed by atoms with Gasteiger partial charge in [-0.15, -0.1) is 0 Å². The van der Waals surface area contributed by atoms with Gasteiger partial charge in [-0.3, -0.25) is 4.79 Å². The quantitative estimate of drug-likeness (QED) is 0.657. The summed E-state index contributed by atoms with van der Waals surface area (Å²) in [6, 6.07) is 3.13. The molecule has 0 fully saturated rings. The molecule has 1 heterocycles. The van der Waals surface area contributed by atoms with Crippen LogP contribution in [0.3, 0.4) is 0 Å². The maximum Gasteiger partial charge on any atom is 0.264 e. The van der Waals surface area contributed by atoms with Crippen molar-refractivity contribution in [3.05, 3.63) is 22.5 Å². The van der Waals surface area contributed by atoms with Gasteiger partial charge in [0.1, 0.15) is 5.82 Å². The SMILES string of the molecule is CN(C)CCCNc1ccc(=O)[nH]n1. The van der Waals surface area contributed by atoms with Crippen LogP contribution < -0.4 is 10.9 Å². The lowest BCUT2D eigenvalue weighted by Crippen LogP contribution is -2.17. The summed E-state index contributed by atoms with van der Waals surface area (Å²) in [5, 5.41) is 9.32. The van der Waals surface area contributed by atoms with E-state index in [4.69, 9.17) is 0 Å². The third kappa shape index (κ3) is 4.04. The molecular weight excluding hydrogens is 180 g/mol. The first-order valence-corrected chi connectivity index (χ1v) is 4.63. The predicted octanol–water partition coefficient (Wildman–Crippen LogP) is 0.133. The molecule has 78 valence electrons. The van der Waals surface area contributed by atoms with E-state index in [-0.39, 0.29) is 5.56 Å². The molecule has 1 aromatic heterocycles. The zero-order valence-corrected chi connectivity index (χ0v) is 8.58. The van der Waals surface area contributed by atoms with Crippen molar-refractivity contribution in [1.29, 1.82) is 0 Å². The first-order chi connectivity index (χ1) is 6.68. The van der Waals surface area contributed by atoms with E-state index >= 15 is 0 Å². The Labute approximate surface area is 83.1 Å². The molecule has 1 aromatic rings. The zero-order valence-electron chi connectivity index (χ0n) is 8.58. The van der Waals surface area contributed by atoms with Crippen molar-refractivity contribution in [2.75, 3.05) is 32.5 Å². The molecule has 1 rings (SSSR count). The van der Waals surface area contributed by atoms with Gasteiger partial charge in [-0.2, -0.15) is 5.10 Å². The summed E-state index contributed by atoms with van der Waals surface area (Å²) >= 11 is 0. The van der Waals surface area contributed by atoms with Crippen molar-refractivity contribution in [2.24, 2.45) is 0 Å². The Morgan fingerprint density at radius 1 is 1.50 bits per heavy atom. The van der Waals surface area contributed by atoms with Gasteiger partial charge in [0.2, 0.25) is 0 Å². The number of nitrogens with one attached hydrogen (secondary N) is 2. The largest absolute Gasteiger partial charge is 0.369 e. The van der Waals surface area contributed by atoms with E-state index in [1.165, 1.54) is 6.07 Å². The number of H-pyrrole nitrogens is 1. The topological polar surface area (TPSA) is 61.0 Å². The highest BCUT2D eigenvalue weighted by Crippen LogP contribution is 1.95. The van der Waals surface area contributed by atoms with Crippen molar-refractivity contribution in [2.45, 2.75) is 6.42 Å². The molecule has 0 unspecified atom stereocenters. The second-order valence-electron chi connectivity index (χ2n) is 3.39. The Hall–Kier alpha value is -1.36. The first kappa shape index (κ1) is 10.7. The Bertz CT molecular complexity index is 300. The summed E-state index contributed by atoms with van der Waals surface area (Å²) in [6.07, 6.45) is 1.05. The Morgan fingerprint density at radius 3 is 2.86 bits per heavy atom. The van der Waals surface area contributed by atoms with Gasteiger partial charge in [0.15, 0.2) is 0 Å². The van der Waals surface area contributed by atoms with Crippen molar-refractivity contribution in [3.63, 3.8) is 0 Å². The second-order valence-corrected chi connectivity index (χ2v) is 3.39. The molecule has 0 atom stereocenters. The van der Waals surface area contributed by atoms with Crippen LogP contribution in [0.5, 0.6) is 0 Å². The fourth-order valence-electron chi connectivity index (χ4n) is 1.05. The van der Waals surface area contributed by atoms with Crippen LogP contribution in [0, 0.1) is 0 Å². The Kier molecular flexibility index (Phi) is 4.12. The maximum atomic E-state index is 10.7. The third-order valence-corrected chi connectivity index (χ3v) is 1.77. The van der Waals surface area contributed by atoms with E-state index in [0.717, 1.165) is 19.5 Å². The van der Waals surface area contributed by atoms with E-state index < -0.39 is 0 Å². The normalized spacial score (nSPS) is 10.5. The molecule has 0 spiro atoms. The molecule has 2 N–H and O–H groups in total. The van der Waals surface area contributed by atoms with Crippen LogP contribution in [0.15, 0.2) is 16.9 Å². The van der Waals surface area contributed by atoms with Crippen LogP contribution in [0.1, 0.15) is 6.42 Å². The number of hydrogen-bond donors (Lipinski definition) is 2. The fourth-order valence-corrected chi connectivity index (χ4v) is 1.05. The average molecular weight is 196 g/mol. The lowest BCUT2D eigenvalue weighted by Gasteiger charge is -2.09. The molecule has 5 heteroatoms. The number of nitrogens with zero attached hydrogens (tertiary/aromatic N) is 2. The molecule has 0 aromatic carbocycles. The summed E-state index contributed by atoms with van der Waals surface area (Å²) in [6.45, 7) is 1.90. The van der Waals surface area contributed by atoms with Crippen molar-refractivity contribution in [1.82, 2.24) is 15.1 Å². The van der Waals surface area contributed by atoms with E-state index in [1.54, 1.807) is 6.07 Å².